The van der Waals surface area contributed by atoms with E-state index in [1.807, 2.05) is 0 Å². The maximum atomic E-state index is 10.0. The van der Waals surface area contributed by atoms with Gasteiger partial charge < -0.3 is 5.32 Å². The van der Waals surface area contributed by atoms with Gasteiger partial charge in [-0.25, -0.2) is 0 Å². The highest BCUT2D eigenvalue weighted by Gasteiger charge is 1.85. The van der Waals surface area contributed by atoms with Crippen LogP contribution in [0.5, 0.6) is 0 Å². The molecule has 0 fully saturated rings. The highest BCUT2D eigenvalue weighted by molar-refractivity contribution is 5.91. The molecule has 14 heavy (non-hydrogen) atoms. The summed E-state index contributed by atoms with van der Waals surface area (Å²) in [6, 6.07) is 0. The van der Waals surface area contributed by atoms with Gasteiger partial charge in [-0.3, -0.25) is 9.59 Å². The molecule has 0 atom stereocenters. The van der Waals surface area contributed by atoms with Crippen molar-refractivity contribution in [3.63, 3.8) is 0 Å². The molecule has 1 amide bonds. The van der Waals surface area contributed by atoms with Crippen LogP contribution in [-0.2, 0) is 9.59 Å². The van der Waals surface area contributed by atoms with Crippen molar-refractivity contribution < 1.29 is 9.59 Å². The van der Waals surface area contributed by atoms with Crippen LogP contribution in [-0.4, -0.2) is 18.2 Å². The van der Waals surface area contributed by atoms with Crippen LogP contribution in [0.25, 0.3) is 0 Å². The Balaban J connectivity index is -0.000000163. The monoisotopic (exact) mass is 199 g/mol. The summed E-state index contributed by atoms with van der Waals surface area (Å²) in [7, 11) is 0. The van der Waals surface area contributed by atoms with E-state index in [1.54, 1.807) is 13.0 Å². The minimum atomic E-state index is -0.0140. The summed E-state index contributed by atoms with van der Waals surface area (Å²) in [5.41, 5.74) is 0.620. The molecule has 0 saturated carbocycles. The van der Waals surface area contributed by atoms with Crippen molar-refractivity contribution in [1.29, 1.82) is 0 Å². The van der Waals surface area contributed by atoms with Crippen molar-refractivity contribution in [2.45, 2.75) is 28.2 Å². The zero-order chi connectivity index (χ0) is 10.9. The maximum Gasteiger partial charge on any atom is 0.217 e. The number of carbonyl (C=O) groups excluding carboxylic acids is 2. The van der Waals surface area contributed by atoms with Crippen LogP contribution in [0.3, 0.4) is 0 Å². The smallest absolute Gasteiger partial charge is 0.217 e. The Labute approximate surface area is 86.9 Å². The molecule has 0 aliphatic heterocycles. The first-order valence-corrected chi connectivity index (χ1v) is 3.93. The Bertz CT molecular complexity index is 195. The summed E-state index contributed by atoms with van der Waals surface area (Å²) < 4.78 is 0. The van der Waals surface area contributed by atoms with Crippen molar-refractivity contribution in [1.82, 2.24) is 5.32 Å². The first kappa shape index (κ1) is 18.4. The molecule has 0 aliphatic rings. The van der Waals surface area contributed by atoms with Crippen LogP contribution in [0.15, 0.2) is 24.8 Å². The van der Waals surface area contributed by atoms with Gasteiger partial charge in [-0.15, -0.1) is 6.58 Å². The zero-order valence-electron chi connectivity index (χ0n) is 8.52. The quantitative estimate of drug-likeness (QED) is 0.559. The SMILES string of the molecule is C.C=C(C)C(C)=O.C=CCNC(C)=O. The number of hydrogen-bond acceptors (Lipinski definition) is 2. The third-order valence-electron chi connectivity index (χ3n) is 1.10. The fourth-order valence-corrected chi connectivity index (χ4v) is 0.216. The van der Waals surface area contributed by atoms with E-state index in [9.17, 15) is 9.59 Å². The van der Waals surface area contributed by atoms with E-state index in [-0.39, 0.29) is 19.1 Å². The van der Waals surface area contributed by atoms with Crippen LogP contribution in [0, 0.1) is 0 Å². The molecule has 0 aliphatic carbocycles. The molecule has 0 aromatic rings. The van der Waals surface area contributed by atoms with Gasteiger partial charge in [0, 0.05) is 13.5 Å². The summed E-state index contributed by atoms with van der Waals surface area (Å²) in [6.45, 7) is 12.1. The van der Waals surface area contributed by atoms with Crippen molar-refractivity contribution in [2.75, 3.05) is 6.54 Å². The van der Waals surface area contributed by atoms with Gasteiger partial charge in [0.25, 0.3) is 0 Å². The molecule has 0 rings (SSSR count). The Morgan fingerprint density at radius 3 is 1.71 bits per heavy atom. The molecule has 0 spiro atoms. The molecule has 0 saturated heterocycles. The fourth-order valence-electron chi connectivity index (χ4n) is 0.216. The van der Waals surface area contributed by atoms with Crippen LogP contribution in [0.1, 0.15) is 28.2 Å². The fraction of sp³-hybridized carbons (Fsp3) is 0.455. The van der Waals surface area contributed by atoms with Crippen LogP contribution >= 0.6 is 0 Å². The van der Waals surface area contributed by atoms with E-state index >= 15 is 0 Å². The van der Waals surface area contributed by atoms with E-state index < -0.39 is 0 Å². The van der Waals surface area contributed by atoms with Gasteiger partial charge in [-0.05, 0) is 19.4 Å². The molecular formula is C11H21NO2. The molecule has 0 radical (unpaired) electrons. The Hall–Kier alpha value is -1.38. The van der Waals surface area contributed by atoms with Gasteiger partial charge in [0.1, 0.15) is 0 Å². The number of carbonyl (C=O) groups is 2. The lowest BCUT2D eigenvalue weighted by Gasteiger charge is -1.90. The van der Waals surface area contributed by atoms with E-state index in [0.29, 0.717) is 12.1 Å². The van der Waals surface area contributed by atoms with Crippen LogP contribution < -0.4 is 5.32 Å². The van der Waals surface area contributed by atoms with Gasteiger partial charge in [0.15, 0.2) is 5.78 Å². The molecular weight excluding hydrogens is 178 g/mol. The number of allylic oxidation sites excluding steroid dienone is 1. The van der Waals surface area contributed by atoms with Crippen molar-refractivity contribution in [3.8, 4) is 0 Å². The summed E-state index contributed by atoms with van der Waals surface area (Å²) in [4.78, 5) is 20.1. The first-order chi connectivity index (χ1) is 5.91. The molecule has 82 valence electrons. The predicted octanol–water partition coefficient (Wildman–Crippen LogP) is 2.10. The predicted molar refractivity (Wildman–Crippen MR) is 61.1 cm³/mol. The average Bonchev–Trinajstić information content (AvgIpc) is 2.01. The minimum Gasteiger partial charge on any atom is -0.353 e. The van der Waals surface area contributed by atoms with Crippen molar-refractivity contribution in [2.24, 2.45) is 0 Å². The van der Waals surface area contributed by atoms with Gasteiger partial charge in [-0.2, -0.15) is 0 Å². The minimum absolute atomic E-state index is 0. The van der Waals surface area contributed by atoms with Crippen LogP contribution in [0.2, 0.25) is 0 Å². The summed E-state index contributed by atoms with van der Waals surface area (Å²) in [6.07, 6.45) is 1.64. The first-order valence-electron chi connectivity index (χ1n) is 3.93. The highest BCUT2D eigenvalue weighted by Crippen LogP contribution is 1.84. The number of ketones is 1. The topological polar surface area (TPSA) is 46.2 Å². The molecule has 0 heterocycles. The molecule has 3 heteroatoms. The third kappa shape index (κ3) is 22.4. The normalized spacial score (nSPS) is 7.07. The Morgan fingerprint density at radius 1 is 1.29 bits per heavy atom. The summed E-state index contributed by atoms with van der Waals surface area (Å²) in [5.74, 6) is 0.0508. The highest BCUT2D eigenvalue weighted by atomic mass is 16.1. The molecule has 0 aromatic heterocycles. The number of amides is 1. The number of rotatable bonds is 3. The second-order valence-corrected chi connectivity index (χ2v) is 2.56. The molecule has 0 bridgehead atoms. The van der Waals surface area contributed by atoms with E-state index in [2.05, 4.69) is 18.5 Å². The largest absolute Gasteiger partial charge is 0.353 e. The average molecular weight is 199 g/mol. The van der Waals surface area contributed by atoms with Crippen molar-refractivity contribution >= 4 is 11.7 Å². The van der Waals surface area contributed by atoms with Gasteiger partial charge in [-0.1, -0.05) is 20.1 Å². The Morgan fingerprint density at radius 2 is 1.64 bits per heavy atom. The lowest BCUT2D eigenvalue weighted by Crippen LogP contribution is -2.18. The lowest BCUT2D eigenvalue weighted by molar-refractivity contribution is -0.118. The lowest BCUT2D eigenvalue weighted by atomic mass is 10.3. The molecule has 0 aromatic carbocycles. The molecule has 0 unspecified atom stereocenters. The zero-order valence-corrected chi connectivity index (χ0v) is 8.52. The summed E-state index contributed by atoms with van der Waals surface area (Å²) >= 11 is 0. The second-order valence-electron chi connectivity index (χ2n) is 2.56. The van der Waals surface area contributed by atoms with Gasteiger partial charge >= 0.3 is 0 Å². The number of hydrogen-bond donors (Lipinski definition) is 1. The third-order valence-corrected chi connectivity index (χ3v) is 1.10. The van der Waals surface area contributed by atoms with E-state index in [1.165, 1.54) is 13.8 Å². The maximum absolute atomic E-state index is 10.0. The summed E-state index contributed by atoms with van der Waals surface area (Å²) in [5, 5.41) is 2.54. The molecule has 3 nitrogen and oxygen atoms in total. The van der Waals surface area contributed by atoms with Crippen molar-refractivity contribution in [3.05, 3.63) is 24.8 Å². The molecule has 1 N–H and O–H groups in total. The van der Waals surface area contributed by atoms with E-state index in [0.717, 1.165) is 0 Å². The van der Waals surface area contributed by atoms with Crippen LogP contribution in [0.4, 0.5) is 0 Å². The second kappa shape index (κ2) is 11.6. The number of nitrogens with one attached hydrogen (secondary N) is 1. The van der Waals surface area contributed by atoms with Gasteiger partial charge in [0.2, 0.25) is 5.91 Å². The van der Waals surface area contributed by atoms with E-state index in [4.69, 9.17) is 0 Å². The number of Topliss-reactive ketones (excluding diaryl/α,β-unsaturated/α-hetero) is 1. The van der Waals surface area contributed by atoms with Gasteiger partial charge in [0.05, 0.1) is 0 Å². The Kier molecular flexibility index (Phi) is 15.3. The standard InChI is InChI=1S/C5H9NO.C5H8O.CH4/c1-3-4-6-5(2)7;1-4(2)5(3)6;/h3H,1,4H2,2H3,(H,6,7);1H2,2-3H3;1H4.